The zero-order valence-electron chi connectivity index (χ0n) is 15.4. The smallest absolute Gasteiger partial charge is 0.262 e. The second-order valence-corrected chi connectivity index (χ2v) is 8.93. The van der Waals surface area contributed by atoms with Crippen LogP contribution in [0.2, 0.25) is 5.02 Å². The minimum Gasteiger partial charge on any atom is -0.495 e. The van der Waals surface area contributed by atoms with Crippen molar-refractivity contribution in [2.75, 3.05) is 11.8 Å². The molecule has 146 valence electrons. The Labute approximate surface area is 167 Å². The van der Waals surface area contributed by atoms with Crippen LogP contribution in [0, 0.1) is 6.92 Å². The summed E-state index contributed by atoms with van der Waals surface area (Å²) in [4.78, 5) is 15.7. The Bertz CT molecular complexity index is 1210. The largest absolute Gasteiger partial charge is 0.495 e. The zero-order valence-corrected chi connectivity index (χ0v) is 17.0. The van der Waals surface area contributed by atoms with Crippen LogP contribution in [0.1, 0.15) is 34.5 Å². The van der Waals surface area contributed by atoms with E-state index in [1.165, 1.54) is 13.2 Å². The van der Waals surface area contributed by atoms with Crippen LogP contribution in [0.15, 0.2) is 35.2 Å². The molecule has 0 bridgehead atoms. The topological polar surface area (TPSA) is 88.3 Å². The molecule has 0 aliphatic heterocycles. The summed E-state index contributed by atoms with van der Waals surface area (Å²) in [7, 11) is -2.35. The Morgan fingerprint density at radius 1 is 1.18 bits per heavy atom. The molecule has 1 aliphatic rings. The van der Waals surface area contributed by atoms with Crippen molar-refractivity contribution in [2.24, 2.45) is 0 Å². The van der Waals surface area contributed by atoms with Gasteiger partial charge in [-0.05, 0) is 55.7 Å². The number of aryl methyl sites for hydroxylation is 2. The highest BCUT2D eigenvalue weighted by Crippen LogP contribution is 2.33. The summed E-state index contributed by atoms with van der Waals surface area (Å²) < 4.78 is 33.6. The second kappa shape index (κ2) is 6.83. The van der Waals surface area contributed by atoms with Crippen LogP contribution in [0.4, 0.5) is 5.69 Å². The number of Topliss-reactive ketones (excluding diaryl/α,β-unsaturated/α-hetero) is 1. The summed E-state index contributed by atoms with van der Waals surface area (Å²) in [5.74, 6) is 0.567. The van der Waals surface area contributed by atoms with Gasteiger partial charge in [-0.3, -0.25) is 9.52 Å². The summed E-state index contributed by atoms with van der Waals surface area (Å²) in [5.41, 5.74) is 3.14. The number of anilines is 1. The summed E-state index contributed by atoms with van der Waals surface area (Å²) >= 11 is 6.09. The van der Waals surface area contributed by atoms with Gasteiger partial charge in [-0.15, -0.1) is 0 Å². The van der Waals surface area contributed by atoms with E-state index in [1.54, 1.807) is 31.2 Å². The normalized spacial score (nSPS) is 14.2. The number of methoxy groups -OCH3 is 1. The molecule has 1 aliphatic carbocycles. The Balaban J connectivity index is 1.76. The summed E-state index contributed by atoms with van der Waals surface area (Å²) in [5, 5.41) is 1.09. The summed E-state index contributed by atoms with van der Waals surface area (Å²) in [6.07, 6.45) is 2.13. The first-order valence-corrected chi connectivity index (χ1v) is 10.7. The van der Waals surface area contributed by atoms with Crippen LogP contribution in [-0.2, 0) is 16.4 Å². The predicted octanol–water partition coefficient (Wildman–Crippen LogP) is 4.46. The van der Waals surface area contributed by atoms with Crippen molar-refractivity contribution in [3.05, 3.63) is 52.2 Å². The van der Waals surface area contributed by atoms with Crippen molar-refractivity contribution in [2.45, 2.75) is 31.1 Å². The van der Waals surface area contributed by atoms with Gasteiger partial charge < -0.3 is 9.72 Å². The molecule has 0 atom stereocenters. The number of halogens is 1. The highest BCUT2D eigenvalue weighted by Gasteiger charge is 2.25. The van der Waals surface area contributed by atoms with Crippen molar-refractivity contribution in [1.29, 1.82) is 0 Å². The number of nitrogens with one attached hydrogen (secondary N) is 2. The molecule has 0 fully saturated rings. The number of aromatic nitrogens is 1. The molecular weight excluding hydrogens is 400 g/mol. The molecule has 0 amide bonds. The van der Waals surface area contributed by atoms with E-state index in [0.29, 0.717) is 39.5 Å². The number of H-pyrrole nitrogens is 1. The highest BCUT2D eigenvalue weighted by atomic mass is 35.5. The van der Waals surface area contributed by atoms with Crippen LogP contribution < -0.4 is 9.46 Å². The van der Waals surface area contributed by atoms with E-state index < -0.39 is 10.0 Å². The lowest BCUT2D eigenvalue weighted by Crippen LogP contribution is -2.14. The Hall–Kier alpha value is -2.51. The number of rotatable bonds is 4. The summed E-state index contributed by atoms with van der Waals surface area (Å²) in [6.45, 7) is 1.72. The number of ether oxygens (including phenoxy) is 1. The number of hydrogen-bond donors (Lipinski definition) is 2. The van der Waals surface area contributed by atoms with E-state index in [-0.39, 0.29) is 10.7 Å². The maximum atomic E-state index is 13.0. The van der Waals surface area contributed by atoms with Gasteiger partial charge in [0.2, 0.25) is 0 Å². The van der Waals surface area contributed by atoms with Gasteiger partial charge in [0.1, 0.15) is 5.75 Å². The van der Waals surface area contributed by atoms with Gasteiger partial charge in [0.15, 0.2) is 5.78 Å². The molecule has 6 nitrogen and oxygen atoms in total. The zero-order chi connectivity index (χ0) is 20.1. The van der Waals surface area contributed by atoms with Crippen LogP contribution in [0.5, 0.6) is 5.75 Å². The maximum Gasteiger partial charge on any atom is 0.262 e. The second-order valence-electron chi connectivity index (χ2n) is 6.87. The number of ketones is 1. The number of aromatic amines is 1. The number of sulfonamides is 1. The fourth-order valence-corrected chi connectivity index (χ4v) is 5.23. The third kappa shape index (κ3) is 3.14. The van der Waals surface area contributed by atoms with E-state index in [2.05, 4.69) is 9.71 Å². The molecule has 2 N–H and O–H groups in total. The minimum atomic E-state index is -3.84. The molecule has 1 aromatic heterocycles. The van der Waals surface area contributed by atoms with Crippen molar-refractivity contribution in [1.82, 2.24) is 4.98 Å². The van der Waals surface area contributed by atoms with Gasteiger partial charge in [0.25, 0.3) is 10.0 Å². The number of benzene rings is 2. The van der Waals surface area contributed by atoms with Crippen molar-refractivity contribution in [3.8, 4) is 5.75 Å². The first-order valence-electron chi connectivity index (χ1n) is 8.85. The van der Waals surface area contributed by atoms with Gasteiger partial charge >= 0.3 is 0 Å². The first kappa shape index (κ1) is 18.8. The van der Waals surface area contributed by atoms with Gasteiger partial charge in [0, 0.05) is 28.6 Å². The molecule has 0 spiro atoms. The Morgan fingerprint density at radius 3 is 2.68 bits per heavy atom. The van der Waals surface area contributed by atoms with E-state index in [0.717, 1.165) is 23.9 Å². The molecule has 0 unspecified atom stereocenters. The fourth-order valence-electron chi connectivity index (χ4n) is 3.67. The predicted molar refractivity (Wildman–Crippen MR) is 109 cm³/mol. The van der Waals surface area contributed by atoms with Gasteiger partial charge in [-0.2, -0.15) is 0 Å². The maximum absolute atomic E-state index is 13.0. The molecule has 3 aromatic rings. The molecule has 0 saturated heterocycles. The van der Waals surface area contributed by atoms with Crippen LogP contribution in [0.25, 0.3) is 10.9 Å². The van der Waals surface area contributed by atoms with Crippen molar-refractivity contribution >= 4 is 44.0 Å². The monoisotopic (exact) mass is 418 g/mol. The fraction of sp³-hybridized carbons (Fsp3) is 0.250. The van der Waals surface area contributed by atoms with E-state index in [1.807, 2.05) is 0 Å². The van der Waals surface area contributed by atoms with Gasteiger partial charge in [-0.25, -0.2) is 8.42 Å². The number of carbonyl (C=O) groups excluding carboxylic acids is 1. The standard InChI is InChI=1S/C20H19ClN2O4S/c1-11-8-13-16(22-15-4-3-5-17(24)20(13)15)10-19(11)28(25,26)23-12-6-7-18(27-2)14(21)9-12/h6-10,22-23H,3-5H2,1-2H3. The molecule has 4 rings (SSSR count). The molecule has 8 heteroatoms. The van der Waals surface area contributed by atoms with Crippen LogP contribution in [-0.4, -0.2) is 26.3 Å². The minimum absolute atomic E-state index is 0.105. The average Bonchev–Trinajstić information content (AvgIpc) is 2.99. The molecule has 0 radical (unpaired) electrons. The molecule has 28 heavy (non-hydrogen) atoms. The number of hydrogen-bond acceptors (Lipinski definition) is 4. The van der Waals surface area contributed by atoms with E-state index in [9.17, 15) is 13.2 Å². The lowest BCUT2D eigenvalue weighted by molar-refractivity contribution is 0.0974. The Kier molecular flexibility index (Phi) is 4.59. The lowest BCUT2D eigenvalue weighted by Gasteiger charge is -2.12. The highest BCUT2D eigenvalue weighted by molar-refractivity contribution is 7.92. The third-order valence-corrected chi connectivity index (χ3v) is 6.79. The quantitative estimate of drug-likeness (QED) is 0.654. The van der Waals surface area contributed by atoms with Crippen LogP contribution in [0.3, 0.4) is 0 Å². The number of fused-ring (bicyclic) bond motifs is 3. The molecule has 1 heterocycles. The van der Waals surface area contributed by atoms with Crippen LogP contribution >= 0.6 is 11.6 Å². The van der Waals surface area contributed by atoms with Crippen molar-refractivity contribution < 1.29 is 17.9 Å². The summed E-state index contributed by atoms with van der Waals surface area (Å²) in [6, 6.07) is 8.04. The SMILES string of the molecule is COc1ccc(NS(=O)(=O)c2cc3[nH]c4c(c3cc2C)C(=O)CCC4)cc1Cl. The third-order valence-electron chi connectivity index (χ3n) is 4.97. The number of carbonyl (C=O) groups is 1. The first-order chi connectivity index (χ1) is 13.3. The molecule has 2 aromatic carbocycles. The van der Waals surface area contributed by atoms with E-state index >= 15 is 0 Å². The molecular formula is C20H19ClN2O4S. The van der Waals surface area contributed by atoms with E-state index in [4.69, 9.17) is 16.3 Å². The van der Waals surface area contributed by atoms with Gasteiger partial charge in [0.05, 0.1) is 22.7 Å². The lowest BCUT2D eigenvalue weighted by atomic mass is 9.94. The molecule has 0 saturated carbocycles. The Morgan fingerprint density at radius 2 is 1.96 bits per heavy atom. The van der Waals surface area contributed by atoms with Crippen molar-refractivity contribution in [3.63, 3.8) is 0 Å². The van der Waals surface area contributed by atoms with Gasteiger partial charge in [-0.1, -0.05) is 11.6 Å². The average molecular weight is 419 g/mol.